The third-order valence-corrected chi connectivity index (χ3v) is 5.18. The van der Waals surface area contributed by atoms with Crippen molar-refractivity contribution in [2.45, 2.75) is 37.0 Å². The standard InChI is InChI=1S/C13H20N2O2S/c1-18(16,17)13-7-4-6-12(13)15-10-8-11-5-2-3-9-14-11/h2-3,5,9,12-13,15H,4,6-8,10H2,1H3. The van der Waals surface area contributed by atoms with E-state index in [9.17, 15) is 8.42 Å². The summed E-state index contributed by atoms with van der Waals surface area (Å²) < 4.78 is 23.2. The van der Waals surface area contributed by atoms with Crippen LogP contribution in [0.15, 0.2) is 24.4 Å². The molecule has 1 aromatic heterocycles. The fourth-order valence-electron chi connectivity index (χ4n) is 2.60. The first-order valence-corrected chi connectivity index (χ1v) is 8.35. The maximum Gasteiger partial charge on any atom is 0.151 e. The van der Waals surface area contributed by atoms with Gasteiger partial charge in [0.05, 0.1) is 5.25 Å². The van der Waals surface area contributed by atoms with Crippen LogP contribution in [-0.2, 0) is 16.3 Å². The van der Waals surface area contributed by atoms with Crippen molar-refractivity contribution in [3.05, 3.63) is 30.1 Å². The number of aromatic nitrogens is 1. The highest BCUT2D eigenvalue weighted by molar-refractivity contribution is 7.91. The number of hydrogen-bond donors (Lipinski definition) is 1. The van der Waals surface area contributed by atoms with Gasteiger partial charge in [0.1, 0.15) is 0 Å². The highest BCUT2D eigenvalue weighted by Crippen LogP contribution is 2.24. The fraction of sp³-hybridized carbons (Fsp3) is 0.615. The zero-order valence-corrected chi connectivity index (χ0v) is 11.5. The van der Waals surface area contributed by atoms with Crippen molar-refractivity contribution >= 4 is 9.84 Å². The van der Waals surface area contributed by atoms with Crippen molar-refractivity contribution in [1.29, 1.82) is 0 Å². The molecule has 2 unspecified atom stereocenters. The Balaban J connectivity index is 1.83. The summed E-state index contributed by atoms with van der Waals surface area (Å²) in [5, 5.41) is 3.16. The van der Waals surface area contributed by atoms with Gasteiger partial charge in [-0.05, 0) is 25.0 Å². The fourth-order valence-corrected chi connectivity index (χ4v) is 4.03. The lowest BCUT2D eigenvalue weighted by atomic mass is 10.2. The molecule has 1 fully saturated rings. The van der Waals surface area contributed by atoms with E-state index in [1.807, 2.05) is 18.2 Å². The van der Waals surface area contributed by atoms with E-state index < -0.39 is 9.84 Å². The van der Waals surface area contributed by atoms with Gasteiger partial charge in [-0.15, -0.1) is 0 Å². The van der Waals surface area contributed by atoms with Gasteiger partial charge in [-0.3, -0.25) is 4.98 Å². The van der Waals surface area contributed by atoms with Gasteiger partial charge in [-0.2, -0.15) is 0 Å². The molecule has 0 aromatic carbocycles. The van der Waals surface area contributed by atoms with Gasteiger partial charge < -0.3 is 5.32 Å². The van der Waals surface area contributed by atoms with Gasteiger partial charge in [-0.1, -0.05) is 12.5 Å². The molecule has 1 aliphatic carbocycles. The van der Waals surface area contributed by atoms with Crippen LogP contribution in [0.4, 0.5) is 0 Å². The summed E-state index contributed by atoms with van der Waals surface area (Å²) in [5.74, 6) is 0. The molecule has 1 saturated carbocycles. The molecule has 0 amide bonds. The van der Waals surface area contributed by atoms with Gasteiger partial charge in [0.25, 0.3) is 0 Å². The van der Waals surface area contributed by atoms with Crippen LogP contribution < -0.4 is 5.32 Å². The third kappa shape index (κ3) is 3.53. The maximum atomic E-state index is 11.6. The average molecular weight is 268 g/mol. The predicted molar refractivity (Wildman–Crippen MR) is 72.2 cm³/mol. The lowest BCUT2D eigenvalue weighted by molar-refractivity contribution is 0.509. The number of hydrogen-bond acceptors (Lipinski definition) is 4. The molecular formula is C13H20N2O2S. The largest absolute Gasteiger partial charge is 0.312 e. The van der Waals surface area contributed by atoms with Crippen molar-refractivity contribution in [2.24, 2.45) is 0 Å². The zero-order valence-electron chi connectivity index (χ0n) is 10.7. The molecule has 2 atom stereocenters. The lowest BCUT2D eigenvalue weighted by Crippen LogP contribution is -2.40. The Morgan fingerprint density at radius 3 is 2.89 bits per heavy atom. The Morgan fingerprint density at radius 1 is 1.39 bits per heavy atom. The SMILES string of the molecule is CS(=O)(=O)C1CCCC1NCCc1ccccn1. The van der Waals surface area contributed by atoms with Crippen molar-refractivity contribution in [1.82, 2.24) is 10.3 Å². The van der Waals surface area contributed by atoms with E-state index in [0.717, 1.165) is 37.9 Å². The van der Waals surface area contributed by atoms with Crippen LogP contribution in [0, 0.1) is 0 Å². The number of sulfone groups is 1. The van der Waals surface area contributed by atoms with Gasteiger partial charge in [0, 0.05) is 37.2 Å². The van der Waals surface area contributed by atoms with Crippen LogP contribution in [0.3, 0.4) is 0 Å². The van der Waals surface area contributed by atoms with Gasteiger partial charge >= 0.3 is 0 Å². The summed E-state index contributed by atoms with van der Waals surface area (Å²) in [4.78, 5) is 4.25. The monoisotopic (exact) mass is 268 g/mol. The maximum absolute atomic E-state index is 11.6. The quantitative estimate of drug-likeness (QED) is 0.871. The van der Waals surface area contributed by atoms with Crippen LogP contribution in [0.5, 0.6) is 0 Å². The Labute approximate surface area is 109 Å². The second-order valence-corrected chi connectivity index (χ2v) is 7.20. The van der Waals surface area contributed by atoms with Gasteiger partial charge in [0.15, 0.2) is 9.84 Å². The van der Waals surface area contributed by atoms with E-state index in [-0.39, 0.29) is 11.3 Å². The Kier molecular flexibility index (Phi) is 4.35. The van der Waals surface area contributed by atoms with E-state index >= 15 is 0 Å². The van der Waals surface area contributed by atoms with E-state index in [4.69, 9.17) is 0 Å². The van der Waals surface area contributed by atoms with E-state index in [1.165, 1.54) is 6.26 Å². The minimum atomic E-state index is -2.92. The number of nitrogens with one attached hydrogen (secondary N) is 1. The summed E-state index contributed by atoms with van der Waals surface area (Å²) in [6.45, 7) is 0.785. The number of nitrogens with zero attached hydrogens (tertiary/aromatic N) is 1. The molecule has 18 heavy (non-hydrogen) atoms. The molecular weight excluding hydrogens is 248 g/mol. The number of pyridine rings is 1. The molecule has 5 heteroatoms. The van der Waals surface area contributed by atoms with Crippen LogP contribution in [-0.4, -0.2) is 37.5 Å². The summed E-state index contributed by atoms with van der Waals surface area (Å²) in [5.41, 5.74) is 1.04. The number of rotatable bonds is 5. The van der Waals surface area contributed by atoms with Crippen LogP contribution in [0.2, 0.25) is 0 Å². The summed E-state index contributed by atoms with van der Waals surface area (Å²) >= 11 is 0. The topological polar surface area (TPSA) is 59.1 Å². The minimum Gasteiger partial charge on any atom is -0.312 e. The predicted octanol–water partition coefficient (Wildman–Crippen LogP) is 1.18. The molecule has 1 aliphatic rings. The Bertz CT molecular complexity index is 473. The highest BCUT2D eigenvalue weighted by atomic mass is 32.2. The molecule has 4 nitrogen and oxygen atoms in total. The lowest BCUT2D eigenvalue weighted by Gasteiger charge is -2.19. The van der Waals surface area contributed by atoms with Crippen molar-refractivity contribution in [3.63, 3.8) is 0 Å². The molecule has 1 heterocycles. The molecule has 0 radical (unpaired) electrons. The van der Waals surface area contributed by atoms with Gasteiger partial charge in [0.2, 0.25) is 0 Å². The molecule has 1 aromatic rings. The normalized spacial score (nSPS) is 24.3. The summed E-state index contributed by atoms with van der Waals surface area (Å²) in [6.07, 6.45) is 6.72. The Morgan fingerprint density at radius 2 is 2.22 bits per heavy atom. The molecule has 1 N–H and O–H groups in total. The van der Waals surface area contributed by atoms with Crippen LogP contribution >= 0.6 is 0 Å². The summed E-state index contributed by atoms with van der Waals surface area (Å²) in [6, 6.07) is 5.97. The molecule has 0 bridgehead atoms. The van der Waals surface area contributed by atoms with Crippen molar-refractivity contribution in [3.8, 4) is 0 Å². The van der Waals surface area contributed by atoms with E-state index in [0.29, 0.717) is 0 Å². The second-order valence-electron chi connectivity index (χ2n) is 4.93. The highest BCUT2D eigenvalue weighted by Gasteiger charge is 2.34. The minimum absolute atomic E-state index is 0.115. The molecule has 0 aliphatic heterocycles. The zero-order chi connectivity index (χ0) is 13.0. The first-order chi connectivity index (χ1) is 8.57. The van der Waals surface area contributed by atoms with E-state index in [1.54, 1.807) is 6.20 Å². The third-order valence-electron chi connectivity index (χ3n) is 3.52. The smallest absolute Gasteiger partial charge is 0.151 e. The second kappa shape index (κ2) is 5.80. The van der Waals surface area contributed by atoms with Crippen LogP contribution in [0.1, 0.15) is 25.0 Å². The average Bonchev–Trinajstić information content (AvgIpc) is 2.78. The Hall–Kier alpha value is -0.940. The molecule has 0 spiro atoms. The molecule has 0 saturated heterocycles. The van der Waals surface area contributed by atoms with Crippen molar-refractivity contribution < 1.29 is 8.42 Å². The molecule has 2 rings (SSSR count). The van der Waals surface area contributed by atoms with Gasteiger partial charge in [-0.25, -0.2) is 8.42 Å². The first kappa shape index (κ1) is 13.5. The van der Waals surface area contributed by atoms with Crippen LogP contribution in [0.25, 0.3) is 0 Å². The van der Waals surface area contributed by atoms with Crippen molar-refractivity contribution in [2.75, 3.05) is 12.8 Å². The first-order valence-electron chi connectivity index (χ1n) is 6.39. The summed E-state index contributed by atoms with van der Waals surface area (Å²) in [7, 11) is -2.92. The molecule has 100 valence electrons. The van der Waals surface area contributed by atoms with E-state index in [2.05, 4.69) is 10.3 Å².